The lowest BCUT2D eigenvalue weighted by atomic mass is 10.2. The third-order valence-corrected chi connectivity index (χ3v) is 3.25. The first-order valence-corrected chi connectivity index (χ1v) is 6.96. The average molecular weight is 299 g/mol. The molecule has 1 aromatic carbocycles. The van der Waals surface area contributed by atoms with E-state index < -0.39 is 6.61 Å². The Labute approximate surface area is 122 Å². The van der Waals surface area contributed by atoms with Gasteiger partial charge in [0.25, 0.3) is 0 Å². The molecule has 2 rings (SSSR count). The normalized spacial score (nSPS) is 14.1. The first-order chi connectivity index (χ1) is 10.0. The highest BCUT2D eigenvalue weighted by molar-refractivity contribution is 5.80. The van der Waals surface area contributed by atoms with Crippen molar-refractivity contribution in [1.29, 1.82) is 0 Å². The van der Waals surface area contributed by atoms with E-state index in [1.807, 2.05) is 0 Å². The van der Waals surface area contributed by atoms with Crippen molar-refractivity contribution < 1.29 is 23.0 Å². The largest absolute Gasteiger partial charge is 0.490 e. The average Bonchev–Trinajstić information content (AvgIpc) is 3.25. The minimum absolute atomic E-state index is 0.00627. The summed E-state index contributed by atoms with van der Waals surface area (Å²) in [4.78, 5) is 13.6. The molecule has 6 heteroatoms. The maximum Gasteiger partial charge on any atom is 0.387 e. The highest BCUT2D eigenvalue weighted by Gasteiger charge is 2.31. The fourth-order valence-corrected chi connectivity index (χ4v) is 2.11. The zero-order valence-electron chi connectivity index (χ0n) is 12.1. The first-order valence-electron chi connectivity index (χ1n) is 6.96. The minimum atomic E-state index is -2.89. The van der Waals surface area contributed by atoms with Crippen LogP contribution in [0.3, 0.4) is 0 Å². The van der Waals surface area contributed by atoms with Crippen LogP contribution >= 0.6 is 0 Å². The Hall–Kier alpha value is -1.85. The molecule has 0 saturated heterocycles. The highest BCUT2D eigenvalue weighted by atomic mass is 19.3. The number of carbonyl (C=O) groups excluding carboxylic acids is 1. The number of rotatable bonds is 7. The van der Waals surface area contributed by atoms with Gasteiger partial charge in [-0.15, -0.1) is 0 Å². The van der Waals surface area contributed by atoms with E-state index in [1.165, 1.54) is 6.07 Å². The van der Waals surface area contributed by atoms with Gasteiger partial charge in [0.2, 0.25) is 5.91 Å². The van der Waals surface area contributed by atoms with E-state index in [1.54, 1.807) is 31.0 Å². The van der Waals surface area contributed by atoms with Crippen LogP contribution < -0.4 is 9.47 Å². The number of benzene rings is 1. The van der Waals surface area contributed by atoms with Crippen LogP contribution in [0.4, 0.5) is 8.78 Å². The second-order valence-electron chi connectivity index (χ2n) is 5.06. The third kappa shape index (κ3) is 4.31. The maximum absolute atomic E-state index is 12.3. The molecular weight excluding hydrogens is 280 g/mol. The number of halogens is 2. The van der Waals surface area contributed by atoms with Gasteiger partial charge in [-0.1, -0.05) is 6.07 Å². The zero-order valence-corrected chi connectivity index (χ0v) is 12.1. The Balaban J connectivity index is 2.08. The standard InChI is InChI=1S/C15H19F2NO3/c1-3-20-13-8-10(4-7-12(13)21-15(16)17)9-18(2)14(19)11-5-6-11/h4,7-8,11,15H,3,5-6,9H2,1-2H3. The lowest BCUT2D eigenvalue weighted by Gasteiger charge is -2.18. The number of alkyl halides is 2. The summed E-state index contributed by atoms with van der Waals surface area (Å²) < 4.78 is 34.4. The number of hydrogen-bond donors (Lipinski definition) is 0. The molecule has 1 aliphatic carbocycles. The molecule has 1 amide bonds. The molecule has 0 aromatic heterocycles. The molecule has 0 radical (unpaired) electrons. The van der Waals surface area contributed by atoms with E-state index in [2.05, 4.69) is 4.74 Å². The van der Waals surface area contributed by atoms with E-state index in [-0.39, 0.29) is 23.3 Å². The second-order valence-corrected chi connectivity index (χ2v) is 5.06. The predicted molar refractivity (Wildman–Crippen MR) is 73.4 cm³/mol. The summed E-state index contributed by atoms with van der Waals surface area (Å²) in [7, 11) is 1.74. The summed E-state index contributed by atoms with van der Waals surface area (Å²) in [5.74, 6) is 0.554. The van der Waals surface area contributed by atoms with E-state index in [0.29, 0.717) is 13.2 Å². The molecule has 116 valence electrons. The van der Waals surface area contributed by atoms with E-state index in [0.717, 1.165) is 18.4 Å². The molecule has 1 fully saturated rings. The van der Waals surface area contributed by atoms with Gasteiger partial charge in [0.05, 0.1) is 6.61 Å². The molecule has 1 aliphatic rings. The molecule has 0 unspecified atom stereocenters. The quantitative estimate of drug-likeness (QED) is 0.776. The Morgan fingerprint density at radius 1 is 1.38 bits per heavy atom. The molecule has 1 aromatic rings. The van der Waals surface area contributed by atoms with Gasteiger partial charge >= 0.3 is 6.61 Å². The maximum atomic E-state index is 12.3. The van der Waals surface area contributed by atoms with Crippen molar-refractivity contribution in [2.45, 2.75) is 32.9 Å². The number of amides is 1. The molecule has 4 nitrogen and oxygen atoms in total. The van der Waals surface area contributed by atoms with Gasteiger partial charge in [-0.2, -0.15) is 8.78 Å². The first kappa shape index (κ1) is 15.5. The summed E-state index contributed by atoms with van der Waals surface area (Å²) in [6, 6.07) is 4.75. The fraction of sp³-hybridized carbons (Fsp3) is 0.533. The number of hydrogen-bond acceptors (Lipinski definition) is 3. The van der Waals surface area contributed by atoms with Gasteiger partial charge in [0, 0.05) is 19.5 Å². The van der Waals surface area contributed by atoms with Crippen molar-refractivity contribution in [3.8, 4) is 11.5 Å². The monoisotopic (exact) mass is 299 g/mol. The smallest absolute Gasteiger partial charge is 0.387 e. The van der Waals surface area contributed by atoms with E-state index >= 15 is 0 Å². The van der Waals surface area contributed by atoms with Crippen LogP contribution in [0.2, 0.25) is 0 Å². The summed E-state index contributed by atoms with van der Waals surface area (Å²) in [6.45, 7) is -0.361. The fourth-order valence-electron chi connectivity index (χ4n) is 2.11. The van der Waals surface area contributed by atoms with Gasteiger partial charge in [0.1, 0.15) is 0 Å². The summed E-state index contributed by atoms with van der Waals surface area (Å²) in [5.41, 5.74) is 0.816. The Bertz CT molecular complexity index is 504. The van der Waals surface area contributed by atoms with Crippen LogP contribution in [0.5, 0.6) is 11.5 Å². The SMILES string of the molecule is CCOc1cc(CN(C)C(=O)C2CC2)ccc1OC(F)F. The van der Waals surface area contributed by atoms with Crippen LogP contribution in [-0.4, -0.2) is 31.1 Å². The lowest BCUT2D eigenvalue weighted by molar-refractivity contribution is -0.131. The van der Waals surface area contributed by atoms with Gasteiger partial charge in [0.15, 0.2) is 11.5 Å². The molecule has 21 heavy (non-hydrogen) atoms. The third-order valence-electron chi connectivity index (χ3n) is 3.25. The molecule has 0 N–H and O–H groups in total. The molecule has 0 bridgehead atoms. The topological polar surface area (TPSA) is 38.8 Å². The highest BCUT2D eigenvalue weighted by Crippen LogP contribution is 2.32. The van der Waals surface area contributed by atoms with Crippen LogP contribution in [0.15, 0.2) is 18.2 Å². The van der Waals surface area contributed by atoms with Crippen LogP contribution in [0.25, 0.3) is 0 Å². The molecule has 1 saturated carbocycles. The van der Waals surface area contributed by atoms with E-state index in [9.17, 15) is 13.6 Å². The van der Waals surface area contributed by atoms with Crippen molar-refractivity contribution in [1.82, 2.24) is 4.90 Å². The zero-order chi connectivity index (χ0) is 15.4. The van der Waals surface area contributed by atoms with Crippen LogP contribution in [-0.2, 0) is 11.3 Å². The molecule has 0 heterocycles. The van der Waals surface area contributed by atoms with Crippen molar-refractivity contribution >= 4 is 5.91 Å². The second kappa shape index (κ2) is 6.74. The number of ether oxygens (including phenoxy) is 2. The van der Waals surface area contributed by atoms with Crippen molar-refractivity contribution in [3.63, 3.8) is 0 Å². The molecule has 0 spiro atoms. The molecular formula is C15H19F2NO3. The molecule has 0 atom stereocenters. The van der Waals surface area contributed by atoms with E-state index in [4.69, 9.17) is 4.74 Å². The van der Waals surface area contributed by atoms with Gasteiger partial charge < -0.3 is 14.4 Å². The van der Waals surface area contributed by atoms with Crippen molar-refractivity contribution in [2.75, 3.05) is 13.7 Å². The van der Waals surface area contributed by atoms with Crippen LogP contribution in [0.1, 0.15) is 25.3 Å². The molecule has 0 aliphatic heterocycles. The minimum Gasteiger partial charge on any atom is -0.490 e. The lowest BCUT2D eigenvalue weighted by Crippen LogP contribution is -2.27. The van der Waals surface area contributed by atoms with Crippen molar-refractivity contribution in [3.05, 3.63) is 23.8 Å². The summed E-state index contributed by atoms with van der Waals surface area (Å²) in [6.07, 6.45) is 1.91. The summed E-state index contributed by atoms with van der Waals surface area (Å²) >= 11 is 0. The Morgan fingerprint density at radius 2 is 2.10 bits per heavy atom. The van der Waals surface area contributed by atoms with Crippen LogP contribution in [0, 0.1) is 5.92 Å². The number of nitrogens with zero attached hydrogens (tertiary/aromatic N) is 1. The van der Waals surface area contributed by atoms with Gasteiger partial charge in [-0.3, -0.25) is 4.79 Å². The summed E-state index contributed by atoms with van der Waals surface area (Å²) in [5, 5.41) is 0. The van der Waals surface area contributed by atoms with Gasteiger partial charge in [-0.05, 0) is 37.5 Å². The Morgan fingerprint density at radius 3 is 2.67 bits per heavy atom. The van der Waals surface area contributed by atoms with Crippen molar-refractivity contribution in [2.24, 2.45) is 5.92 Å². The predicted octanol–water partition coefficient (Wildman–Crippen LogP) is 3.06. The number of carbonyl (C=O) groups is 1. The van der Waals surface area contributed by atoms with Gasteiger partial charge in [-0.25, -0.2) is 0 Å². The Kier molecular flexibility index (Phi) is 4.98.